The molecule has 1 amide bonds. The molecule has 0 unspecified atom stereocenters. The number of hydrogen-bond acceptors (Lipinski definition) is 2. The van der Waals surface area contributed by atoms with Crippen LogP contribution in [0, 0.1) is 6.92 Å². The van der Waals surface area contributed by atoms with Crippen molar-refractivity contribution in [1.82, 2.24) is 4.98 Å². The molecule has 5 heteroatoms. The number of alkyl halides is 1. The molecule has 0 aliphatic rings. The van der Waals surface area contributed by atoms with E-state index in [1.54, 1.807) is 6.07 Å². The Morgan fingerprint density at radius 3 is 2.81 bits per heavy atom. The number of benzene rings is 1. The highest BCUT2D eigenvalue weighted by molar-refractivity contribution is 6.18. The smallest absolute Gasteiger partial charge is 0.251 e. The monoisotopic (exact) mass is 306 g/mol. The van der Waals surface area contributed by atoms with Gasteiger partial charge in [-0.2, -0.15) is 0 Å². The van der Waals surface area contributed by atoms with Crippen LogP contribution in [-0.4, -0.2) is 16.8 Å². The number of nitrogens with one attached hydrogen (secondary N) is 2. The third-order valence-corrected chi connectivity index (χ3v) is 3.84. The van der Waals surface area contributed by atoms with Crippen molar-refractivity contribution in [3.05, 3.63) is 39.7 Å². The average Bonchev–Trinajstić information content (AvgIpc) is 2.45. The van der Waals surface area contributed by atoms with Crippen LogP contribution in [0.25, 0.3) is 10.9 Å². The SMILES string of the molecule is CCc1c(C)c2ccc(NC(=O)CCCCl)cc2[nH]c1=O. The van der Waals surface area contributed by atoms with Gasteiger partial charge in [-0.25, -0.2) is 0 Å². The molecular formula is C16H19ClN2O2. The van der Waals surface area contributed by atoms with Crippen LogP contribution < -0.4 is 10.9 Å². The van der Waals surface area contributed by atoms with E-state index in [0.29, 0.717) is 30.8 Å². The lowest BCUT2D eigenvalue weighted by atomic mass is 10.0. The van der Waals surface area contributed by atoms with E-state index in [2.05, 4.69) is 10.3 Å². The molecule has 1 heterocycles. The van der Waals surface area contributed by atoms with Crippen molar-refractivity contribution >= 4 is 34.1 Å². The predicted molar refractivity (Wildman–Crippen MR) is 87.3 cm³/mol. The minimum Gasteiger partial charge on any atom is -0.326 e. The first-order valence-electron chi connectivity index (χ1n) is 7.08. The van der Waals surface area contributed by atoms with Crippen LogP contribution in [0.15, 0.2) is 23.0 Å². The van der Waals surface area contributed by atoms with Crippen molar-refractivity contribution in [2.24, 2.45) is 0 Å². The largest absolute Gasteiger partial charge is 0.326 e. The van der Waals surface area contributed by atoms with E-state index in [-0.39, 0.29) is 11.5 Å². The lowest BCUT2D eigenvalue weighted by Crippen LogP contribution is -2.15. The number of pyridine rings is 1. The Bertz CT molecular complexity index is 722. The van der Waals surface area contributed by atoms with E-state index in [1.165, 1.54) is 0 Å². The van der Waals surface area contributed by atoms with E-state index in [1.807, 2.05) is 26.0 Å². The predicted octanol–water partition coefficient (Wildman–Crippen LogP) is 3.36. The zero-order chi connectivity index (χ0) is 15.4. The summed E-state index contributed by atoms with van der Waals surface area (Å²) >= 11 is 5.57. The Morgan fingerprint density at radius 1 is 1.38 bits per heavy atom. The van der Waals surface area contributed by atoms with E-state index in [9.17, 15) is 9.59 Å². The highest BCUT2D eigenvalue weighted by Gasteiger charge is 2.09. The molecule has 0 spiro atoms. The molecule has 1 aromatic carbocycles. The molecule has 0 atom stereocenters. The molecule has 0 saturated carbocycles. The summed E-state index contributed by atoms with van der Waals surface area (Å²) in [7, 11) is 0. The number of aromatic amines is 1. The number of fused-ring (bicyclic) bond motifs is 1. The van der Waals surface area contributed by atoms with Gasteiger partial charge < -0.3 is 10.3 Å². The van der Waals surface area contributed by atoms with Crippen LogP contribution in [0.5, 0.6) is 0 Å². The summed E-state index contributed by atoms with van der Waals surface area (Å²) in [6.45, 7) is 3.92. The van der Waals surface area contributed by atoms with Gasteiger partial charge in [-0.1, -0.05) is 13.0 Å². The number of carbonyl (C=O) groups is 1. The van der Waals surface area contributed by atoms with Crippen LogP contribution in [0.3, 0.4) is 0 Å². The van der Waals surface area contributed by atoms with E-state index >= 15 is 0 Å². The van der Waals surface area contributed by atoms with Gasteiger partial charge in [0.25, 0.3) is 5.56 Å². The fourth-order valence-corrected chi connectivity index (χ4v) is 2.59. The van der Waals surface area contributed by atoms with Crippen LogP contribution in [0.2, 0.25) is 0 Å². The third kappa shape index (κ3) is 3.45. The van der Waals surface area contributed by atoms with Crippen molar-refractivity contribution in [3.8, 4) is 0 Å². The van der Waals surface area contributed by atoms with Crippen LogP contribution in [0.1, 0.15) is 30.9 Å². The van der Waals surface area contributed by atoms with Gasteiger partial charge in [0, 0.05) is 28.9 Å². The second-order valence-electron chi connectivity index (χ2n) is 5.01. The number of amides is 1. The molecular weight excluding hydrogens is 288 g/mol. The average molecular weight is 307 g/mol. The van der Waals surface area contributed by atoms with Crippen molar-refractivity contribution in [2.75, 3.05) is 11.2 Å². The van der Waals surface area contributed by atoms with Crippen LogP contribution >= 0.6 is 11.6 Å². The highest BCUT2D eigenvalue weighted by Crippen LogP contribution is 2.21. The van der Waals surface area contributed by atoms with Gasteiger partial charge in [-0.05, 0) is 37.5 Å². The maximum atomic E-state index is 12.0. The molecule has 21 heavy (non-hydrogen) atoms. The summed E-state index contributed by atoms with van der Waals surface area (Å²) in [5, 5.41) is 3.82. The molecule has 0 fully saturated rings. The summed E-state index contributed by atoms with van der Waals surface area (Å²) in [6, 6.07) is 5.57. The molecule has 2 rings (SSSR count). The maximum Gasteiger partial charge on any atom is 0.251 e. The standard InChI is InChI=1S/C16H19ClN2O2/c1-3-12-10(2)13-7-6-11(9-14(13)19-16(12)21)18-15(20)5-4-8-17/h6-7,9H,3-5,8H2,1-2H3,(H,18,20)(H,19,21). The number of halogens is 1. The van der Waals surface area contributed by atoms with Gasteiger partial charge in [-0.3, -0.25) is 9.59 Å². The van der Waals surface area contributed by atoms with Gasteiger partial charge in [0.05, 0.1) is 5.52 Å². The second kappa shape index (κ2) is 6.76. The Kier molecular flexibility index (Phi) is 5.02. The normalized spacial score (nSPS) is 10.8. The summed E-state index contributed by atoms with van der Waals surface area (Å²) in [6.07, 6.45) is 1.75. The summed E-state index contributed by atoms with van der Waals surface area (Å²) in [5.74, 6) is 0.400. The molecule has 112 valence electrons. The number of rotatable bonds is 5. The van der Waals surface area contributed by atoms with Gasteiger partial charge >= 0.3 is 0 Å². The van der Waals surface area contributed by atoms with Gasteiger partial charge in [0.1, 0.15) is 0 Å². The fourth-order valence-electron chi connectivity index (χ4n) is 2.46. The first kappa shape index (κ1) is 15.6. The molecule has 0 saturated heterocycles. The number of aryl methyl sites for hydroxylation is 1. The third-order valence-electron chi connectivity index (χ3n) is 3.57. The van der Waals surface area contributed by atoms with Gasteiger partial charge in [0.15, 0.2) is 0 Å². The fraction of sp³-hybridized carbons (Fsp3) is 0.375. The lowest BCUT2D eigenvalue weighted by molar-refractivity contribution is -0.116. The number of anilines is 1. The van der Waals surface area contributed by atoms with E-state index in [0.717, 1.165) is 22.0 Å². The van der Waals surface area contributed by atoms with Crippen molar-refractivity contribution in [2.45, 2.75) is 33.1 Å². The summed E-state index contributed by atoms with van der Waals surface area (Å²) in [4.78, 5) is 26.6. The first-order valence-corrected chi connectivity index (χ1v) is 7.61. The zero-order valence-corrected chi connectivity index (χ0v) is 13.0. The molecule has 4 nitrogen and oxygen atoms in total. The molecule has 0 aliphatic carbocycles. The van der Waals surface area contributed by atoms with Crippen molar-refractivity contribution in [3.63, 3.8) is 0 Å². The molecule has 2 N–H and O–H groups in total. The number of hydrogen-bond donors (Lipinski definition) is 2. The molecule has 0 aliphatic heterocycles. The Hall–Kier alpha value is -1.81. The molecule has 0 radical (unpaired) electrons. The van der Waals surface area contributed by atoms with Gasteiger partial charge in [0.2, 0.25) is 5.91 Å². The minimum atomic E-state index is -0.0701. The molecule has 0 bridgehead atoms. The Labute approximate surface area is 128 Å². The number of aromatic nitrogens is 1. The maximum absolute atomic E-state index is 12.0. The summed E-state index contributed by atoms with van der Waals surface area (Å²) in [5.41, 5.74) is 3.16. The Balaban J connectivity index is 2.34. The quantitative estimate of drug-likeness (QED) is 0.832. The second-order valence-corrected chi connectivity index (χ2v) is 5.39. The number of H-pyrrole nitrogens is 1. The topological polar surface area (TPSA) is 62.0 Å². The van der Waals surface area contributed by atoms with Gasteiger partial charge in [-0.15, -0.1) is 11.6 Å². The lowest BCUT2D eigenvalue weighted by Gasteiger charge is -2.10. The van der Waals surface area contributed by atoms with Crippen LogP contribution in [-0.2, 0) is 11.2 Å². The van der Waals surface area contributed by atoms with Crippen LogP contribution in [0.4, 0.5) is 5.69 Å². The van der Waals surface area contributed by atoms with E-state index < -0.39 is 0 Å². The zero-order valence-electron chi connectivity index (χ0n) is 12.3. The van der Waals surface area contributed by atoms with Crippen molar-refractivity contribution < 1.29 is 4.79 Å². The summed E-state index contributed by atoms with van der Waals surface area (Å²) < 4.78 is 0. The molecule has 2 aromatic rings. The highest BCUT2D eigenvalue weighted by atomic mass is 35.5. The van der Waals surface area contributed by atoms with Crippen molar-refractivity contribution in [1.29, 1.82) is 0 Å². The Morgan fingerprint density at radius 2 is 2.14 bits per heavy atom. The minimum absolute atomic E-state index is 0.0619. The van der Waals surface area contributed by atoms with E-state index in [4.69, 9.17) is 11.6 Å². The molecule has 1 aromatic heterocycles. The number of carbonyl (C=O) groups excluding carboxylic acids is 1. The first-order chi connectivity index (χ1) is 10.1.